The molecule has 0 aliphatic carbocycles. The van der Waals surface area contributed by atoms with Gasteiger partial charge in [0, 0.05) is 5.41 Å². The van der Waals surface area contributed by atoms with Gasteiger partial charge in [0.05, 0.1) is 0 Å². The van der Waals surface area contributed by atoms with Crippen LogP contribution >= 0.6 is 0 Å². The summed E-state index contributed by atoms with van der Waals surface area (Å²) in [6, 6.07) is 0. The Hall–Kier alpha value is -0.850. The minimum atomic E-state index is -0.263. The molecule has 0 fully saturated rings. The van der Waals surface area contributed by atoms with E-state index in [-0.39, 0.29) is 11.2 Å². The van der Waals surface area contributed by atoms with Crippen molar-refractivity contribution in [2.24, 2.45) is 5.41 Å². The number of carbonyl (C=O) groups is 1. The lowest BCUT2D eigenvalue weighted by atomic mass is 9.78. The molecular formula is C12H20O. The van der Waals surface area contributed by atoms with E-state index in [2.05, 4.69) is 13.0 Å². The molecule has 1 nitrogen and oxygen atoms in total. The third-order valence-electron chi connectivity index (χ3n) is 2.54. The SMILES string of the molecule is CC=CCC(C=CC)(CC)C(C)=O. The molecule has 0 aromatic carbocycles. The van der Waals surface area contributed by atoms with Gasteiger partial charge in [-0.05, 0) is 33.6 Å². The van der Waals surface area contributed by atoms with Crippen molar-refractivity contribution in [3.63, 3.8) is 0 Å². The van der Waals surface area contributed by atoms with E-state index in [9.17, 15) is 4.79 Å². The Labute approximate surface area is 81.5 Å². The summed E-state index contributed by atoms with van der Waals surface area (Å²) in [4.78, 5) is 11.5. The van der Waals surface area contributed by atoms with Crippen LogP contribution in [0.4, 0.5) is 0 Å². The number of allylic oxidation sites excluding steroid dienone is 4. The predicted octanol–water partition coefficient (Wildman–Crippen LogP) is 3.51. The predicted molar refractivity (Wildman–Crippen MR) is 57.7 cm³/mol. The van der Waals surface area contributed by atoms with E-state index in [0.29, 0.717) is 0 Å². The van der Waals surface area contributed by atoms with Crippen LogP contribution in [0.15, 0.2) is 24.3 Å². The lowest BCUT2D eigenvalue weighted by Crippen LogP contribution is -2.25. The van der Waals surface area contributed by atoms with E-state index >= 15 is 0 Å². The second kappa shape index (κ2) is 5.74. The maximum absolute atomic E-state index is 11.5. The second-order valence-corrected chi connectivity index (χ2v) is 3.34. The molecule has 0 radical (unpaired) electrons. The van der Waals surface area contributed by atoms with Gasteiger partial charge < -0.3 is 0 Å². The highest BCUT2D eigenvalue weighted by Gasteiger charge is 2.28. The third kappa shape index (κ3) is 3.17. The summed E-state index contributed by atoms with van der Waals surface area (Å²) in [6.45, 7) is 7.68. The van der Waals surface area contributed by atoms with Crippen LogP contribution in [0.3, 0.4) is 0 Å². The third-order valence-corrected chi connectivity index (χ3v) is 2.54. The normalized spacial score (nSPS) is 16.6. The Balaban J connectivity index is 4.74. The molecule has 0 aliphatic heterocycles. The number of Topliss-reactive ketones (excluding diaryl/α,β-unsaturated/α-hetero) is 1. The summed E-state index contributed by atoms with van der Waals surface area (Å²) < 4.78 is 0. The quantitative estimate of drug-likeness (QED) is 0.592. The van der Waals surface area contributed by atoms with Crippen LogP contribution in [-0.2, 0) is 4.79 Å². The van der Waals surface area contributed by atoms with Crippen molar-refractivity contribution >= 4 is 5.78 Å². The Morgan fingerprint density at radius 3 is 2.23 bits per heavy atom. The van der Waals surface area contributed by atoms with Crippen LogP contribution < -0.4 is 0 Å². The van der Waals surface area contributed by atoms with Crippen LogP contribution in [-0.4, -0.2) is 5.78 Å². The summed E-state index contributed by atoms with van der Waals surface area (Å²) in [5, 5.41) is 0. The number of carbonyl (C=O) groups excluding carboxylic acids is 1. The molecule has 0 N–H and O–H groups in total. The van der Waals surface area contributed by atoms with Gasteiger partial charge in [-0.15, -0.1) is 0 Å². The summed E-state index contributed by atoms with van der Waals surface area (Å²) in [7, 11) is 0. The fourth-order valence-corrected chi connectivity index (χ4v) is 1.49. The standard InChI is InChI=1S/C12H20O/c1-5-8-10-12(7-3,9-6-2)11(4)13/h5-6,8-9H,7,10H2,1-4H3. The number of hydrogen-bond acceptors (Lipinski definition) is 1. The maximum Gasteiger partial charge on any atom is 0.140 e. The summed E-state index contributed by atoms with van der Waals surface area (Å²) in [5.74, 6) is 0.256. The van der Waals surface area contributed by atoms with Crippen LogP contribution in [0.2, 0.25) is 0 Å². The first-order valence-electron chi connectivity index (χ1n) is 4.89. The average Bonchev–Trinajstić information content (AvgIpc) is 2.12. The molecule has 0 amide bonds. The molecule has 74 valence electrons. The van der Waals surface area contributed by atoms with Crippen LogP contribution in [0, 0.1) is 5.41 Å². The maximum atomic E-state index is 11.5. The molecule has 0 aromatic heterocycles. The van der Waals surface area contributed by atoms with Gasteiger partial charge in [-0.2, -0.15) is 0 Å². The molecular weight excluding hydrogens is 160 g/mol. The molecule has 0 rings (SSSR count). The number of rotatable bonds is 5. The van der Waals surface area contributed by atoms with Gasteiger partial charge in [0.2, 0.25) is 0 Å². The smallest absolute Gasteiger partial charge is 0.140 e. The van der Waals surface area contributed by atoms with E-state index < -0.39 is 0 Å². The van der Waals surface area contributed by atoms with Crippen molar-refractivity contribution in [2.45, 2.75) is 40.5 Å². The van der Waals surface area contributed by atoms with Gasteiger partial charge in [0.1, 0.15) is 5.78 Å². The monoisotopic (exact) mass is 180 g/mol. The molecule has 0 saturated carbocycles. The van der Waals surface area contributed by atoms with Crippen molar-refractivity contribution < 1.29 is 4.79 Å². The zero-order valence-electron chi connectivity index (χ0n) is 9.13. The first-order chi connectivity index (χ1) is 6.13. The first-order valence-corrected chi connectivity index (χ1v) is 4.89. The van der Waals surface area contributed by atoms with E-state index in [1.54, 1.807) is 6.92 Å². The molecule has 0 aromatic rings. The molecule has 0 bridgehead atoms. The zero-order valence-corrected chi connectivity index (χ0v) is 9.13. The van der Waals surface area contributed by atoms with Crippen molar-refractivity contribution in [3.8, 4) is 0 Å². The van der Waals surface area contributed by atoms with Gasteiger partial charge in [0.15, 0.2) is 0 Å². The summed E-state index contributed by atoms with van der Waals surface area (Å²) in [5.41, 5.74) is -0.263. The van der Waals surface area contributed by atoms with E-state index in [0.717, 1.165) is 12.8 Å². The molecule has 0 aliphatic rings. The molecule has 0 saturated heterocycles. The van der Waals surface area contributed by atoms with E-state index in [4.69, 9.17) is 0 Å². The van der Waals surface area contributed by atoms with Crippen LogP contribution in [0.5, 0.6) is 0 Å². The van der Waals surface area contributed by atoms with Crippen molar-refractivity contribution in [1.82, 2.24) is 0 Å². The molecule has 0 spiro atoms. The van der Waals surface area contributed by atoms with Crippen LogP contribution in [0.25, 0.3) is 0 Å². The van der Waals surface area contributed by atoms with E-state index in [1.807, 2.05) is 32.1 Å². The highest BCUT2D eigenvalue weighted by molar-refractivity contribution is 5.84. The topological polar surface area (TPSA) is 17.1 Å². The van der Waals surface area contributed by atoms with Crippen molar-refractivity contribution in [3.05, 3.63) is 24.3 Å². The lowest BCUT2D eigenvalue weighted by molar-refractivity contribution is -0.124. The Kier molecular flexibility index (Phi) is 5.36. The highest BCUT2D eigenvalue weighted by atomic mass is 16.1. The fraction of sp³-hybridized carbons (Fsp3) is 0.583. The average molecular weight is 180 g/mol. The largest absolute Gasteiger partial charge is 0.299 e. The first kappa shape index (κ1) is 12.2. The van der Waals surface area contributed by atoms with Crippen molar-refractivity contribution in [2.75, 3.05) is 0 Å². The zero-order chi connectivity index (χ0) is 10.3. The molecule has 1 heteroatoms. The Bertz CT molecular complexity index is 213. The molecule has 1 atom stereocenters. The van der Waals surface area contributed by atoms with E-state index in [1.165, 1.54) is 0 Å². The number of hydrogen-bond donors (Lipinski definition) is 0. The Morgan fingerprint density at radius 2 is 1.92 bits per heavy atom. The summed E-state index contributed by atoms with van der Waals surface area (Å²) >= 11 is 0. The van der Waals surface area contributed by atoms with Gasteiger partial charge in [-0.1, -0.05) is 31.2 Å². The second-order valence-electron chi connectivity index (χ2n) is 3.34. The minimum Gasteiger partial charge on any atom is -0.299 e. The van der Waals surface area contributed by atoms with Gasteiger partial charge in [-0.3, -0.25) is 4.79 Å². The number of ketones is 1. The van der Waals surface area contributed by atoms with Gasteiger partial charge in [0.25, 0.3) is 0 Å². The Morgan fingerprint density at radius 1 is 1.31 bits per heavy atom. The summed E-state index contributed by atoms with van der Waals surface area (Å²) in [6.07, 6.45) is 9.74. The fourth-order valence-electron chi connectivity index (χ4n) is 1.49. The molecule has 1 unspecified atom stereocenters. The molecule has 13 heavy (non-hydrogen) atoms. The lowest BCUT2D eigenvalue weighted by Gasteiger charge is -2.24. The van der Waals surface area contributed by atoms with Crippen molar-refractivity contribution in [1.29, 1.82) is 0 Å². The minimum absolute atomic E-state index is 0.256. The van der Waals surface area contributed by atoms with Gasteiger partial charge >= 0.3 is 0 Å². The highest BCUT2D eigenvalue weighted by Crippen LogP contribution is 2.30. The molecule has 0 heterocycles. The van der Waals surface area contributed by atoms with Gasteiger partial charge in [-0.25, -0.2) is 0 Å². The van der Waals surface area contributed by atoms with Crippen LogP contribution in [0.1, 0.15) is 40.5 Å².